The van der Waals surface area contributed by atoms with E-state index in [4.69, 9.17) is 11.6 Å². The molecule has 0 amide bonds. The average molecular weight is 284 g/mol. The molecule has 0 aromatic carbocycles. The van der Waals surface area contributed by atoms with Gasteiger partial charge < -0.3 is 4.57 Å². The molecule has 0 radical (unpaired) electrons. The number of pyridine rings is 1. The predicted octanol–water partition coefficient (Wildman–Crippen LogP) is 3.79. The summed E-state index contributed by atoms with van der Waals surface area (Å²) in [6.07, 6.45) is 5.07. The topological polar surface area (TPSA) is 30.7 Å². The SMILES string of the molecule is CSCCCn1c(C(C)Cl)nc2c(C)ccnc21. The second-order valence-corrected chi connectivity index (χ2v) is 6.02. The first-order chi connectivity index (χ1) is 8.65. The van der Waals surface area contributed by atoms with Crippen molar-refractivity contribution in [1.82, 2.24) is 14.5 Å². The Balaban J connectivity index is 2.46. The van der Waals surface area contributed by atoms with Crippen molar-refractivity contribution in [2.24, 2.45) is 0 Å². The fraction of sp³-hybridized carbons (Fsp3) is 0.538. The Morgan fingerprint density at radius 1 is 1.50 bits per heavy atom. The molecule has 3 nitrogen and oxygen atoms in total. The van der Waals surface area contributed by atoms with Crippen LogP contribution in [-0.4, -0.2) is 26.5 Å². The molecule has 0 N–H and O–H groups in total. The van der Waals surface area contributed by atoms with Crippen LogP contribution in [-0.2, 0) is 6.54 Å². The number of alkyl halides is 1. The van der Waals surface area contributed by atoms with Crippen LogP contribution in [0.1, 0.15) is 30.1 Å². The number of hydrogen-bond donors (Lipinski definition) is 0. The molecule has 2 rings (SSSR count). The molecule has 2 aromatic rings. The summed E-state index contributed by atoms with van der Waals surface area (Å²) >= 11 is 8.09. The van der Waals surface area contributed by atoms with Gasteiger partial charge in [0.2, 0.25) is 0 Å². The van der Waals surface area contributed by atoms with Gasteiger partial charge in [-0.25, -0.2) is 9.97 Å². The Labute approximate surface area is 117 Å². The van der Waals surface area contributed by atoms with Gasteiger partial charge in [-0.15, -0.1) is 11.6 Å². The van der Waals surface area contributed by atoms with Gasteiger partial charge in [0.05, 0.1) is 5.38 Å². The largest absolute Gasteiger partial charge is 0.311 e. The molecule has 0 aliphatic rings. The van der Waals surface area contributed by atoms with Gasteiger partial charge in [-0.3, -0.25) is 0 Å². The van der Waals surface area contributed by atoms with Crippen molar-refractivity contribution in [2.75, 3.05) is 12.0 Å². The molecule has 0 spiro atoms. The Morgan fingerprint density at radius 2 is 2.28 bits per heavy atom. The second-order valence-electron chi connectivity index (χ2n) is 4.38. The highest BCUT2D eigenvalue weighted by atomic mass is 35.5. The minimum atomic E-state index is -0.0899. The first-order valence-corrected chi connectivity index (χ1v) is 7.93. The van der Waals surface area contributed by atoms with E-state index < -0.39 is 0 Å². The Hall–Kier alpha value is -0.740. The number of halogens is 1. The molecular formula is C13H18ClN3S. The van der Waals surface area contributed by atoms with E-state index in [1.807, 2.05) is 30.9 Å². The number of aryl methyl sites for hydroxylation is 2. The fourth-order valence-corrected chi connectivity index (χ4v) is 2.63. The summed E-state index contributed by atoms with van der Waals surface area (Å²) < 4.78 is 2.16. The maximum atomic E-state index is 6.23. The van der Waals surface area contributed by atoms with Gasteiger partial charge in [0, 0.05) is 12.7 Å². The molecule has 0 bridgehead atoms. The number of aromatic nitrogens is 3. The highest BCUT2D eigenvalue weighted by Crippen LogP contribution is 2.25. The average Bonchev–Trinajstić information content (AvgIpc) is 2.70. The van der Waals surface area contributed by atoms with Gasteiger partial charge in [0.25, 0.3) is 0 Å². The van der Waals surface area contributed by atoms with Crippen LogP contribution in [0, 0.1) is 6.92 Å². The lowest BCUT2D eigenvalue weighted by Crippen LogP contribution is -2.06. The molecule has 18 heavy (non-hydrogen) atoms. The summed E-state index contributed by atoms with van der Waals surface area (Å²) in [6.45, 7) is 4.95. The summed E-state index contributed by atoms with van der Waals surface area (Å²) in [6, 6.07) is 1.99. The summed E-state index contributed by atoms with van der Waals surface area (Å²) in [4.78, 5) is 9.11. The van der Waals surface area contributed by atoms with Crippen molar-refractivity contribution in [3.63, 3.8) is 0 Å². The van der Waals surface area contributed by atoms with Gasteiger partial charge in [-0.05, 0) is 43.9 Å². The van der Waals surface area contributed by atoms with Crippen LogP contribution in [0.5, 0.6) is 0 Å². The second kappa shape index (κ2) is 5.93. The van der Waals surface area contributed by atoms with Gasteiger partial charge in [0.1, 0.15) is 11.3 Å². The number of thioether (sulfide) groups is 1. The highest BCUT2D eigenvalue weighted by Gasteiger charge is 2.16. The van der Waals surface area contributed by atoms with Gasteiger partial charge in [-0.2, -0.15) is 11.8 Å². The molecule has 2 heterocycles. The van der Waals surface area contributed by atoms with E-state index in [2.05, 4.69) is 27.7 Å². The molecule has 5 heteroatoms. The van der Waals surface area contributed by atoms with Gasteiger partial charge in [-0.1, -0.05) is 0 Å². The molecule has 0 saturated carbocycles. The van der Waals surface area contributed by atoms with Crippen molar-refractivity contribution in [1.29, 1.82) is 0 Å². The minimum absolute atomic E-state index is 0.0899. The Morgan fingerprint density at radius 3 is 2.94 bits per heavy atom. The highest BCUT2D eigenvalue weighted by molar-refractivity contribution is 7.98. The third-order valence-electron chi connectivity index (χ3n) is 2.95. The molecule has 0 aliphatic carbocycles. The number of rotatable bonds is 5. The van der Waals surface area contributed by atoms with E-state index in [1.54, 1.807) is 0 Å². The van der Waals surface area contributed by atoms with Crippen molar-refractivity contribution in [3.8, 4) is 0 Å². The standard InChI is InChI=1S/C13H18ClN3S/c1-9-5-6-15-13-11(9)16-12(10(2)14)17(13)7-4-8-18-3/h5-6,10H,4,7-8H2,1-3H3. The normalized spacial score (nSPS) is 13.1. The number of fused-ring (bicyclic) bond motifs is 1. The molecule has 2 aromatic heterocycles. The smallest absolute Gasteiger partial charge is 0.160 e. The molecule has 1 unspecified atom stereocenters. The zero-order valence-electron chi connectivity index (χ0n) is 11.0. The van der Waals surface area contributed by atoms with Crippen molar-refractivity contribution in [3.05, 3.63) is 23.7 Å². The Bertz CT molecular complexity index is 536. The molecular weight excluding hydrogens is 266 g/mol. The van der Waals surface area contributed by atoms with E-state index in [9.17, 15) is 0 Å². The van der Waals surface area contributed by atoms with Gasteiger partial charge >= 0.3 is 0 Å². The first kappa shape index (κ1) is 13.7. The summed E-state index contributed by atoms with van der Waals surface area (Å²) in [5.74, 6) is 2.07. The molecule has 98 valence electrons. The zero-order valence-corrected chi connectivity index (χ0v) is 12.6. The lowest BCUT2D eigenvalue weighted by Gasteiger charge is -2.09. The summed E-state index contributed by atoms with van der Waals surface area (Å²) in [5.41, 5.74) is 3.09. The van der Waals surface area contributed by atoms with E-state index in [0.29, 0.717) is 0 Å². The summed E-state index contributed by atoms with van der Waals surface area (Å²) in [7, 11) is 0. The molecule has 0 aliphatic heterocycles. The summed E-state index contributed by atoms with van der Waals surface area (Å²) in [5, 5.41) is -0.0899. The van der Waals surface area contributed by atoms with E-state index in [1.165, 1.54) is 0 Å². The fourth-order valence-electron chi connectivity index (χ4n) is 2.05. The minimum Gasteiger partial charge on any atom is -0.311 e. The number of imidazole rings is 1. The lowest BCUT2D eigenvalue weighted by atomic mass is 10.3. The van der Waals surface area contributed by atoms with Crippen molar-refractivity contribution < 1.29 is 0 Å². The van der Waals surface area contributed by atoms with Crippen LogP contribution in [0.2, 0.25) is 0 Å². The molecule has 0 saturated heterocycles. The van der Waals surface area contributed by atoms with Crippen molar-refractivity contribution in [2.45, 2.75) is 32.2 Å². The monoisotopic (exact) mass is 283 g/mol. The maximum Gasteiger partial charge on any atom is 0.160 e. The van der Waals surface area contributed by atoms with E-state index in [-0.39, 0.29) is 5.38 Å². The molecule has 0 fully saturated rings. The van der Waals surface area contributed by atoms with Crippen LogP contribution in [0.25, 0.3) is 11.2 Å². The van der Waals surface area contributed by atoms with Crippen LogP contribution in [0.3, 0.4) is 0 Å². The van der Waals surface area contributed by atoms with E-state index >= 15 is 0 Å². The third kappa shape index (κ3) is 2.64. The van der Waals surface area contributed by atoms with Crippen LogP contribution in [0.4, 0.5) is 0 Å². The predicted molar refractivity (Wildman–Crippen MR) is 79.5 cm³/mol. The lowest BCUT2D eigenvalue weighted by molar-refractivity contribution is 0.654. The third-order valence-corrected chi connectivity index (χ3v) is 3.84. The Kier molecular flexibility index (Phi) is 4.51. The first-order valence-electron chi connectivity index (χ1n) is 6.10. The number of hydrogen-bond acceptors (Lipinski definition) is 3. The van der Waals surface area contributed by atoms with E-state index in [0.717, 1.165) is 41.3 Å². The zero-order chi connectivity index (χ0) is 13.1. The van der Waals surface area contributed by atoms with Crippen LogP contribution >= 0.6 is 23.4 Å². The molecule has 1 atom stereocenters. The van der Waals surface area contributed by atoms with Crippen molar-refractivity contribution >= 4 is 34.5 Å². The van der Waals surface area contributed by atoms with Crippen LogP contribution < -0.4 is 0 Å². The van der Waals surface area contributed by atoms with Crippen LogP contribution in [0.15, 0.2) is 12.3 Å². The quantitative estimate of drug-likeness (QED) is 0.618. The number of nitrogens with zero attached hydrogens (tertiary/aromatic N) is 3. The maximum absolute atomic E-state index is 6.23. The van der Waals surface area contributed by atoms with Gasteiger partial charge in [0.15, 0.2) is 5.65 Å².